The van der Waals surface area contributed by atoms with E-state index in [0.29, 0.717) is 35.3 Å². The topological polar surface area (TPSA) is 73.1 Å². The normalized spacial score (nSPS) is 26.0. The van der Waals surface area contributed by atoms with E-state index in [1.165, 1.54) is 12.8 Å². The number of nitrogens with two attached hydrogens (primary N) is 1. The van der Waals surface area contributed by atoms with E-state index in [0.717, 1.165) is 12.0 Å². The van der Waals surface area contributed by atoms with Crippen LogP contribution < -0.4 is 16.0 Å². The molecule has 0 aliphatic heterocycles. The Morgan fingerprint density at radius 1 is 1.24 bits per heavy atom. The highest BCUT2D eigenvalue weighted by Gasteiger charge is 2.33. The smallest absolute Gasteiger partial charge is 0.222 e. The fourth-order valence-electron chi connectivity index (χ4n) is 3.25. The molecule has 1 aromatic heterocycles. The quantitative estimate of drug-likeness (QED) is 0.658. The summed E-state index contributed by atoms with van der Waals surface area (Å²) in [6.07, 6.45) is 3.85. The fourth-order valence-corrected chi connectivity index (χ4v) is 3.25. The third-order valence-corrected chi connectivity index (χ3v) is 4.57. The first kappa shape index (κ1) is 16.0. The van der Waals surface area contributed by atoms with Crippen LogP contribution in [0.15, 0.2) is 0 Å². The predicted octanol–water partition coefficient (Wildman–Crippen LogP) is 3.22. The number of nitrogen functional groups attached to an aromatic ring is 1. The van der Waals surface area contributed by atoms with E-state index in [-0.39, 0.29) is 6.10 Å². The number of hydrazine groups is 1. The molecule has 1 aliphatic carbocycles. The number of rotatable bonds is 4. The van der Waals surface area contributed by atoms with Crippen molar-refractivity contribution in [2.75, 3.05) is 5.43 Å². The average molecular weight is 292 g/mol. The lowest BCUT2D eigenvalue weighted by Gasteiger charge is -2.37. The molecule has 0 spiro atoms. The van der Waals surface area contributed by atoms with Crippen molar-refractivity contribution in [1.82, 2.24) is 9.97 Å². The molecule has 0 aromatic carbocycles. The largest absolute Gasteiger partial charge is 0.474 e. The van der Waals surface area contributed by atoms with Gasteiger partial charge in [-0.05, 0) is 44.4 Å². The van der Waals surface area contributed by atoms with Gasteiger partial charge in [0.05, 0.1) is 5.56 Å². The zero-order chi connectivity index (χ0) is 15.6. The Morgan fingerprint density at radius 2 is 1.95 bits per heavy atom. The van der Waals surface area contributed by atoms with Gasteiger partial charge in [-0.3, -0.25) is 0 Å². The van der Waals surface area contributed by atoms with Gasteiger partial charge in [0.15, 0.2) is 0 Å². The van der Waals surface area contributed by atoms with Crippen molar-refractivity contribution in [3.63, 3.8) is 0 Å². The first-order valence-electron chi connectivity index (χ1n) is 7.90. The molecule has 21 heavy (non-hydrogen) atoms. The molecule has 0 radical (unpaired) electrons. The van der Waals surface area contributed by atoms with Gasteiger partial charge in [-0.1, -0.05) is 27.2 Å². The second-order valence-electron chi connectivity index (χ2n) is 6.68. The summed E-state index contributed by atoms with van der Waals surface area (Å²) in [5, 5.41) is 0. The number of nitrogens with one attached hydrogen (secondary N) is 1. The Labute approximate surface area is 127 Å². The zero-order valence-electron chi connectivity index (χ0n) is 13.8. The number of nitrogens with zero attached hydrogens (tertiary/aromatic N) is 2. The lowest BCUT2D eigenvalue weighted by Crippen LogP contribution is -2.36. The molecule has 1 saturated carbocycles. The van der Waals surface area contributed by atoms with E-state index in [2.05, 4.69) is 36.2 Å². The van der Waals surface area contributed by atoms with Gasteiger partial charge in [-0.25, -0.2) is 10.8 Å². The molecule has 5 heteroatoms. The van der Waals surface area contributed by atoms with Gasteiger partial charge in [0, 0.05) is 0 Å². The molecule has 2 rings (SSSR count). The van der Waals surface area contributed by atoms with Crippen LogP contribution in [0.5, 0.6) is 5.88 Å². The summed E-state index contributed by atoms with van der Waals surface area (Å²) in [5.74, 6) is 9.43. The molecule has 1 heterocycles. The van der Waals surface area contributed by atoms with Crippen LogP contribution in [0.2, 0.25) is 0 Å². The highest BCUT2D eigenvalue weighted by molar-refractivity contribution is 5.47. The highest BCUT2D eigenvalue weighted by Crippen LogP contribution is 2.36. The summed E-state index contributed by atoms with van der Waals surface area (Å²) in [6, 6.07) is 0. The Hall–Kier alpha value is -1.36. The predicted molar refractivity (Wildman–Crippen MR) is 85.1 cm³/mol. The molecular weight excluding hydrogens is 264 g/mol. The Morgan fingerprint density at radius 3 is 2.57 bits per heavy atom. The lowest BCUT2D eigenvalue weighted by molar-refractivity contribution is 0.0419. The van der Waals surface area contributed by atoms with E-state index in [1.807, 2.05) is 13.8 Å². The minimum absolute atomic E-state index is 0.229. The molecule has 1 aliphatic rings. The number of hydrogen-bond acceptors (Lipinski definition) is 5. The van der Waals surface area contributed by atoms with Crippen molar-refractivity contribution in [3.05, 3.63) is 11.4 Å². The van der Waals surface area contributed by atoms with Crippen molar-refractivity contribution in [2.45, 2.75) is 60.0 Å². The van der Waals surface area contributed by atoms with Crippen LogP contribution in [0.1, 0.15) is 51.4 Å². The molecule has 5 nitrogen and oxygen atoms in total. The third-order valence-electron chi connectivity index (χ3n) is 4.57. The van der Waals surface area contributed by atoms with Crippen LogP contribution in [0, 0.1) is 31.6 Å². The summed E-state index contributed by atoms with van der Waals surface area (Å²) >= 11 is 0. The molecule has 3 atom stereocenters. The van der Waals surface area contributed by atoms with Gasteiger partial charge in [0.2, 0.25) is 5.88 Å². The van der Waals surface area contributed by atoms with Crippen molar-refractivity contribution in [2.24, 2.45) is 23.6 Å². The minimum Gasteiger partial charge on any atom is -0.474 e. The number of aromatic nitrogens is 2. The van der Waals surface area contributed by atoms with Crippen LogP contribution in [0.25, 0.3) is 0 Å². The molecule has 1 fully saturated rings. The lowest BCUT2D eigenvalue weighted by atomic mass is 9.75. The second-order valence-corrected chi connectivity index (χ2v) is 6.68. The summed E-state index contributed by atoms with van der Waals surface area (Å²) < 4.78 is 6.31. The van der Waals surface area contributed by atoms with Crippen molar-refractivity contribution in [1.29, 1.82) is 0 Å². The Balaban J connectivity index is 2.24. The maximum atomic E-state index is 6.31. The van der Waals surface area contributed by atoms with Gasteiger partial charge in [-0.2, -0.15) is 4.98 Å². The minimum atomic E-state index is 0.229. The molecule has 0 saturated heterocycles. The first-order valence-corrected chi connectivity index (χ1v) is 7.90. The number of anilines is 1. The standard InChI is InChI=1S/C16H28N4O/c1-9(2)13-7-6-10(3)8-14(13)21-16-11(4)15(20-17)18-12(5)19-16/h9-10,13-14H,6-8,17H2,1-5H3,(H,18,19,20). The summed E-state index contributed by atoms with van der Waals surface area (Å²) in [4.78, 5) is 8.75. The Kier molecular flexibility index (Phi) is 5.04. The van der Waals surface area contributed by atoms with Crippen LogP contribution >= 0.6 is 0 Å². The van der Waals surface area contributed by atoms with Crippen LogP contribution in [0.3, 0.4) is 0 Å². The van der Waals surface area contributed by atoms with Gasteiger partial charge in [0.1, 0.15) is 17.7 Å². The van der Waals surface area contributed by atoms with Crippen LogP contribution in [0.4, 0.5) is 5.82 Å². The first-order chi connectivity index (χ1) is 9.92. The van der Waals surface area contributed by atoms with Crippen LogP contribution in [-0.2, 0) is 0 Å². The molecule has 3 N–H and O–H groups in total. The third kappa shape index (κ3) is 3.64. The summed E-state index contributed by atoms with van der Waals surface area (Å²) in [7, 11) is 0. The van der Waals surface area contributed by atoms with E-state index in [1.54, 1.807) is 0 Å². The van der Waals surface area contributed by atoms with Gasteiger partial charge in [0.25, 0.3) is 0 Å². The molecule has 118 valence electrons. The van der Waals surface area contributed by atoms with Crippen molar-refractivity contribution < 1.29 is 4.74 Å². The number of hydrogen-bond donors (Lipinski definition) is 2. The van der Waals surface area contributed by atoms with Crippen LogP contribution in [-0.4, -0.2) is 16.1 Å². The fraction of sp³-hybridized carbons (Fsp3) is 0.750. The maximum absolute atomic E-state index is 6.31. The monoisotopic (exact) mass is 292 g/mol. The molecule has 0 bridgehead atoms. The number of aryl methyl sites for hydroxylation is 1. The summed E-state index contributed by atoms with van der Waals surface area (Å²) in [6.45, 7) is 10.7. The van der Waals surface area contributed by atoms with Crippen molar-refractivity contribution >= 4 is 5.82 Å². The zero-order valence-corrected chi connectivity index (χ0v) is 13.8. The van der Waals surface area contributed by atoms with Gasteiger partial charge < -0.3 is 10.2 Å². The second kappa shape index (κ2) is 6.60. The average Bonchev–Trinajstić information content (AvgIpc) is 2.42. The molecule has 3 unspecified atom stereocenters. The van der Waals surface area contributed by atoms with Gasteiger partial charge >= 0.3 is 0 Å². The molecular formula is C16H28N4O. The van der Waals surface area contributed by atoms with E-state index in [4.69, 9.17) is 10.6 Å². The molecule has 0 amide bonds. The number of ether oxygens (including phenoxy) is 1. The summed E-state index contributed by atoms with van der Waals surface area (Å²) in [5.41, 5.74) is 3.50. The maximum Gasteiger partial charge on any atom is 0.222 e. The molecule has 1 aromatic rings. The van der Waals surface area contributed by atoms with Gasteiger partial charge in [-0.15, -0.1) is 0 Å². The highest BCUT2D eigenvalue weighted by atomic mass is 16.5. The van der Waals surface area contributed by atoms with Crippen molar-refractivity contribution in [3.8, 4) is 5.88 Å². The van der Waals surface area contributed by atoms with E-state index < -0.39 is 0 Å². The SMILES string of the molecule is Cc1nc(NN)c(C)c(OC2CC(C)CCC2C(C)C)n1. The van der Waals surface area contributed by atoms with E-state index in [9.17, 15) is 0 Å². The van der Waals surface area contributed by atoms with E-state index >= 15 is 0 Å². The Bertz CT molecular complexity index is 489.